The van der Waals surface area contributed by atoms with Gasteiger partial charge in [-0.3, -0.25) is 5.43 Å². The number of nitrogens with one attached hydrogen (secondary N) is 1. The molecule has 0 aliphatic heterocycles. The lowest BCUT2D eigenvalue weighted by atomic mass is 10.2. The van der Waals surface area contributed by atoms with Gasteiger partial charge < -0.3 is 9.84 Å². The fourth-order valence-corrected chi connectivity index (χ4v) is 3.29. The molecule has 0 unspecified atom stereocenters. The highest BCUT2D eigenvalue weighted by molar-refractivity contribution is 9.10. The van der Waals surface area contributed by atoms with Gasteiger partial charge in [-0.25, -0.2) is 4.98 Å². The number of hydrogen-bond donors (Lipinski definition) is 2. The molecule has 0 radical (unpaired) electrons. The molecule has 0 saturated heterocycles. The van der Waals surface area contributed by atoms with Crippen molar-refractivity contribution in [3.63, 3.8) is 0 Å². The van der Waals surface area contributed by atoms with E-state index in [0.717, 1.165) is 11.3 Å². The van der Waals surface area contributed by atoms with Gasteiger partial charge in [0.05, 0.1) is 23.5 Å². The summed E-state index contributed by atoms with van der Waals surface area (Å²) in [5, 5.41) is 17.4. The molecule has 0 aliphatic carbocycles. The van der Waals surface area contributed by atoms with Gasteiger partial charge in [-0.1, -0.05) is 23.7 Å². The van der Waals surface area contributed by atoms with Crippen molar-refractivity contribution in [3.8, 4) is 22.8 Å². The average Bonchev–Trinajstić information content (AvgIpc) is 3.08. The highest BCUT2D eigenvalue weighted by atomic mass is 79.9. The van der Waals surface area contributed by atoms with E-state index in [4.69, 9.17) is 16.3 Å². The molecule has 0 fully saturated rings. The third kappa shape index (κ3) is 4.12. The number of benzene rings is 2. The second-order valence-corrected chi connectivity index (χ2v) is 7.02. The van der Waals surface area contributed by atoms with E-state index in [1.54, 1.807) is 18.3 Å². The van der Waals surface area contributed by atoms with Gasteiger partial charge in [0.2, 0.25) is 5.13 Å². The Morgan fingerprint density at radius 1 is 1.28 bits per heavy atom. The third-order valence-corrected chi connectivity index (χ3v) is 5.17. The molecule has 128 valence electrons. The monoisotopic (exact) mass is 437 g/mol. The number of nitrogens with zero attached hydrogens (tertiary/aromatic N) is 2. The van der Waals surface area contributed by atoms with Gasteiger partial charge in [-0.2, -0.15) is 5.10 Å². The summed E-state index contributed by atoms with van der Waals surface area (Å²) in [5.74, 6) is 0.426. The fraction of sp³-hybridized carbons (Fsp3) is 0.0588. The predicted molar refractivity (Wildman–Crippen MR) is 106 cm³/mol. The molecule has 2 aromatic carbocycles. The number of phenols is 1. The zero-order valence-electron chi connectivity index (χ0n) is 13.0. The van der Waals surface area contributed by atoms with Crippen LogP contribution in [-0.2, 0) is 0 Å². The number of hydrazone groups is 1. The van der Waals surface area contributed by atoms with Crippen LogP contribution in [0.2, 0.25) is 5.02 Å². The van der Waals surface area contributed by atoms with Crippen molar-refractivity contribution in [2.45, 2.75) is 0 Å². The zero-order chi connectivity index (χ0) is 17.8. The minimum Gasteiger partial charge on any atom is -0.503 e. The number of aromatic hydroxyl groups is 1. The Balaban J connectivity index is 1.71. The van der Waals surface area contributed by atoms with Gasteiger partial charge in [0.1, 0.15) is 0 Å². The molecular formula is C17H13BrClN3O2S. The molecule has 2 N–H and O–H groups in total. The van der Waals surface area contributed by atoms with Gasteiger partial charge in [0.15, 0.2) is 11.5 Å². The second kappa shape index (κ2) is 7.86. The first kappa shape index (κ1) is 17.7. The van der Waals surface area contributed by atoms with Crippen LogP contribution in [0.5, 0.6) is 11.5 Å². The van der Waals surface area contributed by atoms with E-state index in [1.165, 1.54) is 18.4 Å². The summed E-state index contributed by atoms with van der Waals surface area (Å²) in [5.41, 5.74) is 5.43. The van der Waals surface area contributed by atoms with Crippen molar-refractivity contribution >= 4 is 50.2 Å². The molecule has 3 rings (SSSR count). The van der Waals surface area contributed by atoms with Crippen molar-refractivity contribution in [1.82, 2.24) is 4.98 Å². The maximum atomic E-state index is 9.97. The average molecular weight is 439 g/mol. The van der Waals surface area contributed by atoms with Crippen molar-refractivity contribution in [3.05, 3.63) is 56.8 Å². The number of ether oxygens (including phenoxy) is 1. The van der Waals surface area contributed by atoms with Crippen LogP contribution in [-0.4, -0.2) is 23.4 Å². The van der Waals surface area contributed by atoms with Crippen LogP contribution in [0.3, 0.4) is 0 Å². The maximum Gasteiger partial charge on any atom is 0.203 e. The van der Waals surface area contributed by atoms with Crippen LogP contribution < -0.4 is 10.2 Å². The van der Waals surface area contributed by atoms with Gasteiger partial charge in [0, 0.05) is 21.5 Å². The highest BCUT2D eigenvalue weighted by Gasteiger charge is 2.09. The molecule has 0 atom stereocenters. The minimum atomic E-state index is 0.0331. The molecule has 5 nitrogen and oxygen atoms in total. The number of halogens is 2. The quantitative estimate of drug-likeness (QED) is 0.414. The number of hydrogen-bond acceptors (Lipinski definition) is 6. The summed E-state index contributed by atoms with van der Waals surface area (Å²) in [4.78, 5) is 4.48. The first-order chi connectivity index (χ1) is 12.1. The topological polar surface area (TPSA) is 66.7 Å². The Bertz CT molecular complexity index is 913. The summed E-state index contributed by atoms with van der Waals surface area (Å²) in [6.07, 6.45) is 1.59. The third-order valence-electron chi connectivity index (χ3n) is 3.34. The van der Waals surface area contributed by atoms with E-state index in [2.05, 4.69) is 31.4 Å². The Kier molecular flexibility index (Phi) is 5.57. The molecule has 8 heteroatoms. The first-order valence-corrected chi connectivity index (χ1v) is 9.19. The van der Waals surface area contributed by atoms with Gasteiger partial charge in [-0.15, -0.1) is 11.3 Å². The highest BCUT2D eigenvalue weighted by Crippen LogP contribution is 2.35. The smallest absolute Gasteiger partial charge is 0.203 e. The molecule has 0 spiro atoms. The molecule has 0 bridgehead atoms. The van der Waals surface area contributed by atoms with Gasteiger partial charge in [0.25, 0.3) is 0 Å². The molecule has 0 amide bonds. The number of methoxy groups -OCH3 is 1. The zero-order valence-corrected chi connectivity index (χ0v) is 16.2. The Morgan fingerprint density at radius 3 is 2.76 bits per heavy atom. The summed E-state index contributed by atoms with van der Waals surface area (Å²) in [6, 6.07) is 11.0. The van der Waals surface area contributed by atoms with Crippen molar-refractivity contribution in [2.75, 3.05) is 12.5 Å². The van der Waals surface area contributed by atoms with E-state index in [-0.39, 0.29) is 5.75 Å². The number of aromatic nitrogens is 1. The maximum absolute atomic E-state index is 9.97. The molecule has 25 heavy (non-hydrogen) atoms. The SMILES string of the molecule is COc1ccc(/C=N\Nc2nc(-c3ccc(Cl)cc3)cs2)c(Br)c1O. The number of thiazole rings is 1. The standard InChI is InChI=1S/C17H13BrClN3O2S/c1-24-14-7-4-11(15(18)16(14)23)8-20-22-17-21-13(9-25-17)10-2-5-12(19)6-3-10/h2-9,23H,1H3,(H,21,22)/b20-8-. The Morgan fingerprint density at radius 2 is 2.04 bits per heavy atom. The van der Waals surface area contributed by atoms with Crippen molar-refractivity contribution < 1.29 is 9.84 Å². The number of rotatable bonds is 5. The van der Waals surface area contributed by atoms with Crippen LogP contribution in [0, 0.1) is 0 Å². The fourth-order valence-electron chi connectivity index (χ4n) is 2.06. The minimum absolute atomic E-state index is 0.0331. The van der Waals surface area contributed by atoms with Crippen molar-refractivity contribution in [1.29, 1.82) is 0 Å². The first-order valence-electron chi connectivity index (χ1n) is 7.14. The van der Waals surface area contributed by atoms with Gasteiger partial charge in [-0.05, 0) is 40.2 Å². The van der Waals surface area contributed by atoms with E-state index in [1.807, 2.05) is 29.6 Å². The normalized spacial score (nSPS) is 11.0. The largest absolute Gasteiger partial charge is 0.503 e. The summed E-state index contributed by atoms with van der Waals surface area (Å²) >= 11 is 10.7. The van der Waals surface area contributed by atoms with Crippen LogP contribution in [0.15, 0.2) is 51.4 Å². The van der Waals surface area contributed by atoms with Crippen molar-refractivity contribution in [2.24, 2.45) is 5.10 Å². The molecular weight excluding hydrogens is 426 g/mol. The summed E-state index contributed by atoms with van der Waals surface area (Å²) < 4.78 is 5.56. The number of anilines is 1. The Hall–Kier alpha value is -2.09. The van der Waals surface area contributed by atoms with E-state index in [9.17, 15) is 5.11 Å². The molecule has 3 aromatic rings. The lowest BCUT2D eigenvalue weighted by Crippen LogP contribution is -1.92. The van der Waals surface area contributed by atoms with Crippen LogP contribution in [0.25, 0.3) is 11.3 Å². The number of phenolic OH excluding ortho intramolecular Hbond substituents is 1. The lowest BCUT2D eigenvalue weighted by molar-refractivity contribution is 0.372. The van der Waals surface area contributed by atoms with Crippen LogP contribution in [0.4, 0.5) is 5.13 Å². The summed E-state index contributed by atoms with van der Waals surface area (Å²) in [7, 11) is 1.50. The lowest BCUT2D eigenvalue weighted by Gasteiger charge is -2.06. The summed E-state index contributed by atoms with van der Waals surface area (Å²) in [6.45, 7) is 0. The molecule has 0 aliphatic rings. The molecule has 0 saturated carbocycles. The van der Waals surface area contributed by atoms with E-state index < -0.39 is 0 Å². The molecule has 1 aromatic heterocycles. The second-order valence-electron chi connectivity index (χ2n) is 4.93. The van der Waals surface area contributed by atoms with E-state index >= 15 is 0 Å². The van der Waals surface area contributed by atoms with Crippen LogP contribution in [0.1, 0.15) is 5.56 Å². The predicted octanol–water partition coefficient (Wildman–Crippen LogP) is 5.39. The Labute approximate surface area is 162 Å². The molecule has 1 heterocycles. The van der Waals surface area contributed by atoms with Crippen LogP contribution >= 0.6 is 38.9 Å². The van der Waals surface area contributed by atoms with E-state index in [0.29, 0.717) is 25.9 Å². The van der Waals surface area contributed by atoms with Gasteiger partial charge >= 0.3 is 0 Å².